The zero-order valence-corrected chi connectivity index (χ0v) is 11.4. The van der Waals surface area contributed by atoms with E-state index in [4.69, 9.17) is 11.6 Å². The molecular weight excluding hydrogens is 256 g/mol. The minimum atomic E-state index is -0.380. The molecule has 2 rings (SSSR count). The zero-order valence-electron chi connectivity index (χ0n) is 10.6. The summed E-state index contributed by atoms with van der Waals surface area (Å²) < 4.78 is 4.26. The maximum absolute atomic E-state index is 12.2. The highest BCUT2D eigenvalue weighted by Crippen LogP contribution is 2.13. The van der Waals surface area contributed by atoms with Crippen LogP contribution in [-0.4, -0.2) is 18.7 Å². The van der Waals surface area contributed by atoms with Gasteiger partial charge in [0, 0.05) is 20.6 Å². The largest absolute Gasteiger partial charge is 0.332 e. The van der Waals surface area contributed by atoms with E-state index in [1.807, 2.05) is 6.92 Å². The predicted octanol–water partition coefficient (Wildman–Crippen LogP) is 0.582. The van der Waals surface area contributed by atoms with E-state index in [1.165, 1.54) is 11.6 Å². The number of imidazole rings is 1. The molecule has 7 heteroatoms. The van der Waals surface area contributed by atoms with Gasteiger partial charge in [-0.2, -0.15) is 0 Å². The van der Waals surface area contributed by atoms with Crippen molar-refractivity contribution in [1.82, 2.24) is 18.7 Å². The van der Waals surface area contributed by atoms with Crippen molar-refractivity contribution < 1.29 is 0 Å². The molecule has 0 aliphatic heterocycles. The van der Waals surface area contributed by atoms with Crippen molar-refractivity contribution in [2.45, 2.75) is 25.8 Å². The maximum atomic E-state index is 12.2. The van der Waals surface area contributed by atoms with Crippen LogP contribution >= 0.6 is 11.6 Å². The van der Waals surface area contributed by atoms with Crippen molar-refractivity contribution in [2.24, 2.45) is 14.1 Å². The Morgan fingerprint density at radius 1 is 1.22 bits per heavy atom. The number of hydrogen-bond acceptors (Lipinski definition) is 3. The lowest BCUT2D eigenvalue weighted by Crippen LogP contribution is -2.37. The molecule has 0 spiro atoms. The highest BCUT2D eigenvalue weighted by Gasteiger charge is 2.17. The Morgan fingerprint density at radius 3 is 2.44 bits per heavy atom. The first-order valence-electron chi connectivity index (χ1n) is 5.74. The van der Waals surface area contributed by atoms with Crippen LogP contribution in [0.4, 0.5) is 0 Å². The topological polar surface area (TPSA) is 61.8 Å². The van der Waals surface area contributed by atoms with Crippen molar-refractivity contribution >= 4 is 22.8 Å². The lowest BCUT2D eigenvalue weighted by molar-refractivity contribution is 0.660. The second-order valence-electron chi connectivity index (χ2n) is 4.19. The van der Waals surface area contributed by atoms with Crippen LogP contribution < -0.4 is 11.2 Å². The lowest BCUT2D eigenvalue weighted by atomic mass is 10.4. The fourth-order valence-electron chi connectivity index (χ4n) is 2.06. The Bertz CT molecular complexity index is 710. The molecule has 0 saturated carbocycles. The molecule has 0 atom stereocenters. The van der Waals surface area contributed by atoms with Gasteiger partial charge in [-0.1, -0.05) is 6.92 Å². The highest BCUT2D eigenvalue weighted by molar-refractivity contribution is 6.16. The molecule has 0 radical (unpaired) electrons. The number of halogens is 1. The normalized spacial score (nSPS) is 11.3. The summed E-state index contributed by atoms with van der Waals surface area (Å²) in [5, 5.41) is 0. The number of rotatable bonds is 3. The molecule has 0 bridgehead atoms. The van der Waals surface area contributed by atoms with Gasteiger partial charge in [-0.3, -0.25) is 13.9 Å². The van der Waals surface area contributed by atoms with E-state index in [0.717, 1.165) is 11.0 Å². The summed E-state index contributed by atoms with van der Waals surface area (Å²) in [6.45, 7) is 2.67. The number of hydrogen-bond donors (Lipinski definition) is 0. The molecule has 18 heavy (non-hydrogen) atoms. The van der Waals surface area contributed by atoms with Gasteiger partial charge in [0.05, 0.1) is 5.88 Å². The van der Waals surface area contributed by atoms with Crippen molar-refractivity contribution in [3.8, 4) is 0 Å². The lowest BCUT2D eigenvalue weighted by Gasteiger charge is -2.06. The third-order valence-electron chi connectivity index (χ3n) is 2.99. The van der Waals surface area contributed by atoms with Gasteiger partial charge in [0.15, 0.2) is 11.2 Å². The Morgan fingerprint density at radius 2 is 1.89 bits per heavy atom. The maximum Gasteiger partial charge on any atom is 0.332 e. The Labute approximate surface area is 108 Å². The number of nitrogens with zero attached hydrogens (tertiary/aromatic N) is 4. The first kappa shape index (κ1) is 12.9. The second kappa shape index (κ2) is 4.61. The second-order valence-corrected chi connectivity index (χ2v) is 4.46. The van der Waals surface area contributed by atoms with E-state index in [9.17, 15) is 9.59 Å². The quantitative estimate of drug-likeness (QED) is 0.767. The fourth-order valence-corrected chi connectivity index (χ4v) is 2.26. The van der Waals surface area contributed by atoms with Gasteiger partial charge >= 0.3 is 5.69 Å². The monoisotopic (exact) mass is 270 g/mol. The number of aromatic nitrogens is 4. The Hall–Kier alpha value is -1.56. The first-order chi connectivity index (χ1) is 8.52. The molecule has 98 valence electrons. The fraction of sp³-hybridized carbons (Fsp3) is 0.545. The smallest absolute Gasteiger partial charge is 0.321 e. The molecule has 2 heterocycles. The molecule has 0 aromatic carbocycles. The molecule has 0 fully saturated rings. The average Bonchev–Trinajstić information content (AvgIpc) is 2.73. The minimum absolute atomic E-state index is 0.214. The summed E-state index contributed by atoms with van der Waals surface area (Å²) >= 11 is 5.84. The summed E-state index contributed by atoms with van der Waals surface area (Å²) in [4.78, 5) is 28.3. The van der Waals surface area contributed by atoms with Crippen LogP contribution in [0.1, 0.15) is 19.2 Å². The standard InChI is InChI=1S/C11H15ClN4O2/c1-4-5-16-7(6-12)13-9-8(16)10(17)15(3)11(18)14(9)2/h4-6H2,1-3H3. The van der Waals surface area contributed by atoms with Gasteiger partial charge in [-0.25, -0.2) is 9.78 Å². The number of fused-ring (bicyclic) bond motifs is 1. The van der Waals surface area contributed by atoms with Gasteiger partial charge in [0.1, 0.15) is 5.82 Å². The van der Waals surface area contributed by atoms with E-state index in [-0.39, 0.29) is 17.1 Å². The van der Waals surface area contributed by atoms with Crippen molar-refractivity contribution in [3.05, 3.63) is 26.7 Å². The van der Waals surface area contributed by atoms with E-state index in [1.54, 1.807) is 11.6 Å². The predicted molar refractivity (Wildman–Crippen MR) is 70.1 cm³/mol. The van der Waals surface area contributed by atoms with Crippen molar-refractivity contribution in [1.29, 1.82) is 0 Å². The van der Waals surface area contributed by atoms with Crippen molar-refractivity contribution in [3.63, 3.8) is 0 Å². The van der Waals surface area contributed by atoms with Gasteiger partial charge in [0.2, 0.25) is 0 Å². The molecule has 0 saturated heterocycles. The van der Waals surface area contributed by atoms with Gasteiger partial charge < -0.3 is 4.57 Å². The van der Waals surface area contributed by atoms with Crippen LogP contribution in [-0.2, 0) is 26.5 Å². The zero-order chi connectivity index (χ0) is 13.4. The summed E-state index contributed by atoms with van der Waals surface area (Å²) in [6.07, 6.45) is 0.862. The Balaban J connectivity index is 3.00. The molecule has 0 N–H and O–H groups in total. The molecule has 0 aliphatic carbocycles. The van der Waals surface area contributed by atoms with Crippen LogP contribution in [0.25, 0.3) is 11.2 Å². The van der Waals surface area contributed by atoms with Crippen LogP contribution in [0, 0.1) is 0 Å². The average molecular weight is 271 g/mol. The highest BCUT2D eigenvalue weighted by atomic mass is 35.5. The molecule has 2 aromatic heterocycles. The summed E-state index contributed by atoms with van der Waals surface area (Å²) in [5.41, 5.74) is 0.129. The van der Waals surface area contributed by atoms with Gasteiger partial charge in [-0.05, 0) is 6.42 Å². The third-order valence-corrected chi connectivity index (χ3v) is 3.23. The van der Waals surface area contributed by atoms with E-state index in [0.29, 0.717) is 23.5 Å². The van der Waals surface area contributed by atoms with E-state index < -0.39 is 0 Å². The summed E-state index contributed by atoms with van der Waals surface area (Å²) in [5.74, 6) is 0.832. The van der Waals surface area contributed by atoms with Gasteiger partial charge in [-0.15, -0.1) is 11.6 Å². The summed E-state index contributed by atoms with van der Waals surface area (Å²) in [7, 11) is 3.07. The van der Waals surface area contributed by atoms with Crippen LogP contribution in [0.3, 0.4) is 0 Å². The molecule has 0 aliphatic rings. The molecule has 6 nitrogen and oxygen atoms in total. The van der Waals surface area contributed by atoms with Gasteiger partial charge in [0.25, 0.3) is 5.56 Å². The molecule has 0 amide bonds. The Kier molecular flexibility index (Phi) is 3.30. The molecular formula is C11H15ClN4O2. The van der Waals surface area contributed by atoms with Crippen LogP contribution in [0.2, 0.25) is 0 Å². The minimum Gasteiger partial charge on any atom is -0.321 e. The van der Waals surface area contributed by atoms with E-state index >= 15 is 0 Å². The van der Waals surface area contributed by atoms with E-state index in [2.05, 4.69) is 4.98 Å². The third kappa shape index (κ3) is 1.68. The summed E-state index contributed by atoms with van der Waals surface area (Å²) in [6, 6.07) is 0. The van der Waals surface area contributed by atoms with Crippen LogP contribution in [0.5, 0.6) is 0 Å². The molecule has 0 unspecified atom stereocenters. The van der Waals surface area contributed by atoms with Crippen molar-refractivity contribution in [2.75, 3.05) is 0 Å². The number of aryl methyl sites for hydroxylation is 2. The SMILES string of the molecule is CCCn1c(CCl)nc2c1c(=O)n(C)c(=O)n2C. The van der Waals surface area contributed by atoms with Crippen LogP contribution in [0.15, 0.2) is 9.59 Å². The molecule has 2 aromatic rings. The first-order valence-corrected chi connectivity index (χ1v) is 6.27. The number of alkyl halides is 1.